The van der Waals surface area contributed by atoms with Crippen molar-refractivity contribution < 1.29 is 52.3 Å². The number of fused-ring (bicyclic) bond motifs is 1. The summed E-state index contributed by atoms with van der Waals surface area (Å²) in [7, 11) is -2.05. The first-order valence-corrected chi connectivity index (χ1v) is 8.32. The molecule has 1 unspecified atom stereocenters. The number of hydrogen-bond donors (Lipinski definition) is 0. The minimum absolute atomic E-state index is 0.0774. The van der Waals surface area contributed by atoms with Crippen molar-refractivity contribution in [2.45, 2.75) is 19.6 Å². The molecule has 0 saturated carbocycles. The van der Waals surface area contributed by atoms with Gasteiger partial charge in [0.15, 0.2) is 11.5 Å². The Morgan fingerprint density at radius 1 is 1.20 bits per heavy atom. The molecule has 0 N–H and O–H groups in total. The standard InChI is InChI=1S/C15H17ClO9/c1-5-23-14(17)13-7-9-6-11(21-3)12(22-4)8-10(9)15(2,24-13)25-16(18,19)20/h6-8H,5H2,1-4H3. The number of ether oxygens (including phenoxy) is 4. The number of carbonyl (C=O) groups is 1. The maximum atomic E-state index is 12.0. The second-order valence-electron chi connectivity index (χ2n) is 5.03. The summed E-state index contributed by atoms with van der Waals surface area (Å²) in [6.45, 7) is 2.86. The number of carbonyl (C=O) groups excluding carboxylic acids is 1. The zero-order valence-corrected chi connectivity index (χ0v) is 14.7. The van der Waals surface area contributed by atoms with Crippen molar-refractivity contribution in [2.24, 2.45) is 0 Å². The lowest BCUT2D eigenvalue weighted by Crippen LogP contribution is -2.64. The first-order chi connectivity index (χ1) is 11.6. The SMILES string of the molecule is CCOC(=O)C1=Cc2cc(OC)c(OC)cc2C(C)(O[Cl+3]([O-])([O-])[O-])O1. The predicted octanol–water partition coefficient (Wildman–Crippen LogP) is -1.28. The van der Waals surface area contributed by atoms with E-state index in [9.17, 15) is 18.8 Å². The fourth-order valence-corrected chi connectivity index (χ4v) is 2.86. The van der Waals surface area contributed by atoms with Gasteiger partial charge in [-0.15, -0.1) is 0 Å². The summed E-state index contributed by atoms with van der Waals surface area (Å²) >= 11 is 0. The highest BCUT2D eigenvalue weighted by Gasteiger charge is 2.51. The summed E-state index contributed by atoms with van der Waals surface area (Å²) in [6, 6.07) is 2.89. The summed E-state index contributed by atoms with van der Waals surface area (Å²) in [5.74, 6) is -2.66. The largest absolute Gasteiger partial charge is 0.493 e. The molecule has 0 radical (unpaired) electrons. The smallest absolute Gasteiger partial charge is 0.386 e. The average Bonchev–Trinajstić information content (AvgIpc) is 2.51. The minimum atomic E-state index is -4.85. The molecule has 0 aliphatic carbocycles. The first kappa shape index (κ1) is 19.3. The Kier molecular flexibility index (Phi) is 5.45. The van der Waals surface area contributed by atoms with Crippen molar-refractivity contribution >= 4 is 12.0 Å². The van der Waals surface area contributed by atoms with Crippen molar-refractivity contribution in [1.82, 2.24) is 0 Å². The Morgan fingerprint density at radius 2 is 1.80 bits per heavy atom. The van der Waals surface area contributed by atoms with E-state index < -0.39 is 22.0 Å². The van der Waals surface area contributed by atoms with Crippen LogP contribution in [0.25, 0.3) is 6.08 Å². The highest BCUT2D eigenvalue weighted by atomic mass is 35.7. The Bertz CT molecular complexity index is 695. The summed E-state index contributed by atoms with van der Waals surface area (Å²) in [6.07, 6.45) is 1.33. The van der Waals surface area contributed by atoms with Crippen LogP contribution in [0.1, 0.15) is 25.0 Å². The van der Waals surface area contributed by atoms with E-state index in [0.717, 1.165) is 0 Å². The molecule has 1 aromatic rings. The van der Waals surface area contributed by atoms with E-state index in [2.05, 4.69) is 4.29 Å². The lowest BCUT2D eigenvalue weighted by molar-refractivity contribution is -1.92. The zero-order chi connectivity index (χ0) is 18.8. The quantitative estimate of drug-likeness (QED) is 0.557. The van der Waals surface area contributed by atoms with Crippen LogP contribution in [0.4, 0.5) is 0 Å². The third-order valence-electron chi connectivity index (χ3n) is 3.35. The van der Waals surface area contributed by atoms with Gasteiger partial charge in [-0.1, -0.05) is 0 Å². The lowest BCUT2D eigenvalue weighted by atomic mass is 9.96. The van der Waals surface area contributed by atoms with Crippen molar-refractivity contribution in [3.63, 3.8) is 0 Å². The molecule has 1 aromatic carbocycles. The number of rotatable bonds is 6. The van der Waals surface area contributed by atoms with Crippen molar-refractivity contribution in [3.8, 4) is 11.5 Å². The van der Waals surface area contributed by atoms with E-state index in [0.29, 0.717) is 11.3 Å². The fraction of sp³-hybridized carbons (Fsp3) is 0.400. The minimum Gasteiger partial charge on any atom is -0.493 e. The van der Waals surface area contributed by atoms with Gasteiger partial charge in [0.2, 0.25) is 5.76 Å². The molecule has 10 heteroatoms. The van der Waals surface area contributed by atoms with Gasteiger partial charge in [-0.25, -0.2) is 4.79 Å². The highest BCUT2D eigenvalue weighted by Crippen LogP contribution is 2.43. The molecular weight excluding hydrogens is 360 g/mol. The zero-order valence-electron chi connectivity index (χ0n) is 14.0. The van der Waals surface area contributed by atoms with Gasteiger partial charge in [0, 0.05) is 6.92 Å². The molecular formula is C15H17ClO9. The molecule has 2 rings (SSSR count). The van der Waals surface area contributed by atoms with Crippen LogP contribution < -0.4 is 23.5 Å². The first-order valence-electron chi connectivity index (χ1n) is 7.09. The van der Waals surface area contributed by atoms with Crippen LogP contribution in [0, 0.1) is 10.2 Å². The van der Waals surface area contributed by atoms with Crippen LogP contribution in [0.3, 0.4) is 0 Å². The molecule has 0 amide bonds. The Balaban J connectivity index is 2.62. The molecule has 138 valence electrons. The molecule has 0 aromatic heterocycles. The maximum absolute atomic E-state index is 12.0. The monoisotopic (exact) mass is 376 g/mol. The van der Waals surface area contributed by atoms with E-state index in [-0.39, 0.29) is 23.7 Å². The molecule has 1 aliphatic heterocycles. The molecule has 0 fully saturated rings. The Labute approximate surface area is 146 Å². The number of benzene rings is 1. The van der Waals surface area contributed by atoms with Gasteiger partial charge >= 0.3 is 11.8 Å². The number of esters is 1. The summed E-state index contributed by atoms with van der Waals surface area (Å²) in [5.41, 5.74) is 0.499. The molecule has 1 heterocycles. The lowest BCUT2D eigenvalue weighted by Gasteiger charge is -2.31. The number of halogens is 1. The fourth-order valence-electron chi connectivity index (χ4n) is 2.38. The third-order valence-corrected chi connectivity index (χ3v) is 3.84. The second-order valence-corrected chi connectivity index (χ2v) is 5.94. The van der Waals surface area contributed by atoms with Gasteiger partial charge in [-0.2, -0.15) is 14.0 Å². The van der Waals surface area contributed by atoms with Gasteiger partial charge in [0.05, 0.1) is 36.6 Å². The van der Waals surface area contributed by atoms with E-state index in [4.69, 9.17) is 18.9 Å². The van der Waals surface area contributed by atoms with Crippen LogP contribution >= 0.6 is 0 Å². The van der Waals surface area contributed by atoms with Crippen LogP contribution in [0.2, 0.25) is 0 Å². The number of hydrogen-bond acceptors (Lipinski definition) is 9. The summed E-state index contributed by atoms with van der Waals surface area (Å²) < 4.78 is 58.4. The Hall–Kier alpha value is -2.04. The van der Waals surface area contributed by atoms with E-state index in [1.165, 1.54) is 39.4 Å². The molecule has 0 spiro atoms. The molecule has 1 aliphatic rings. The second kappa shape index (κ2) is 7.06. The van der Waals surface area contributed by atoms with E-state index >= 15 is 0 Å². The van der Waals surface area contributed by atoms with E-state index in [1.807, 2.05) is 0 Å². The highest BCUT2D eigenvalue weighted by molar-refractivity contribution is 5.92. The van der Waals surface area contributed by atoms with Crippen LogP contribution in [-0.4, -0.2) is 26.8 Å². The summed E-state index contributed by atoms with van der Waals surface area (Å²) in [5, 5.41) is 0. The third kappa shape index (κ3) is 4.14. The molecule has 1 atom stereocenters. The molecule has 0 bridgehead atoms. The molecule has 0 saturated heterocycles. The van der Waals surface area contributed by atoms with Gasteiger partial charge in [0.1, 0.15) is 4.29 Å². The Morgan fingerprint density at radius 3 is 2.32 bits per heavy atom. The normalized spacial score (nSPS) is 19.4. The van der Waals surface area contributed by atoms with Crippen LogP contribution in [0.5, 0.6) is 11.5 Å². The van der Waals surface area contributed by atoms with Crippen LogP contribution in [0.15, 0.2) is 17.9 Å². The van der Waals surface area contributed by atoms with E-state index in [1.54, 1.807) is 6.92 Å². The van der Waals surface area contributed by atoms with Crippen molar-refractivity contribution in [2.75, 3.05) is 20.8 Å². The molecule has 25 heavy (non-hydrogen) atoms. The van der Waals surface area contributed by atoms with Gasteiger partial charge < -0.3 is 18.9 Å². The number of methoxy groups -OCH3 is 2. The molecule has 9 nitrogen and oxygen atoms in total. The average molecular weight is 377 g/mol. The predicted molar refractivity (Wildman–Crippen MR) is 73.7 cm³/mol. The summed E-state index contributed by atoms with van der Waals surface area (Å²) in [4.78, 5) is 12.0. The van der Waals surface area contributed by atoms with Gasteiger partial charge in [0.25, 0.3) is 0 Å². The van der Waals surface area contributed by atoms with Gasteiger partial charge in [-0.3, -0.25) is 0 Å². The van der Waals surface area contributed by atoms with Crippen molar-refractivity contribution in [3.05, 3.63) is 29.0 Å². The maximum Gasteiger partial charge on any atom is 0.386 e. The topological polar surface area (TPSA) is 132 Å². The van der Waals surface area contributed by atoms with Crippen LogP contribution in [-0.2, 0) is 24.3 Å². The van der Waals surface area contributed by atoms with Gasteiger partial charge in [-0.05, 0) is 30.7 Å². The van der Waals surface area contributed by atoms with Crippen molar-refractivity contribution in [1.29, 1.82) is 0 Å².